The monoisotopic (exact) mass is 205 g/mol. The Bertz CT molecular complexity index is 433. The molecule has 5 heteroatoms. The zero-order valence-corrected chi connectivity index (χ0v) is 8.20. The largest absolute Gasteiger partial charge is 0.508 e. The van der Waals surface area contributed by atoms with Gasteiger partial charge < -0.3 is 10.2 Å². The number of phenolic OH excluding ortho intramolecular Hbond substituents is 2. The molecule has 0 saturated carbocycles. The molecule has 0 spiro atoms. The molecule has 0 fully saturated rings. The Morgan fingerprint density at radius 1 is 1.20 bits per heavy atom. The quantitative estimate of drug-likeness (QED) is 0.775. The minimum absolute atomic E-state index is 0.0389. The Kier molecular flexibility index (Phi) is 2.29. The molecule has 5 nitrogen and oxygen atoms in total. The Labute approximate surface area is 86.6 Å². The van der Waals surface area contributed by atoms with Crippen LogP contribution in [-0.4, -0.2) is 25.0 Å². The first-order chi connectivity index (χ1) is 7.16. The van der Waals surface area contributed by atoms with Crippen molar-refractivity contribution in [1.82, 2.24) is 14.8 Å². The number of hydrogen-bond donors (Lipinski definition) is 2. The van der Waals surface area contributed by atoms with Crippen molar-refractivity contribution in [3.05, 3.63) is 36.4 Å². The van der Waals surface area contributed by atoms with Crippen LogP contribution in [0.3, 0.4) is 0 Å². The second kappa shape index (κ2) is 3.61. The molecular weight excluding hydrogens is 194 g/mol. The van der Waals surface area contributed by atoms with E-state index in [2.05, 4.69) is 10.1 Å². The van der Waals surface area contributed by atoms with Crippen molar-refractivity contribution < 1.29 is 10.2 Å². The van der Waals surface area contributed by atoms with Crippen LogP contribution in [-0.2, 0) is 0 Å². The van der Waals surface area contributed by atoms with E-state index in [4.69, 9.17) is 0 Å². The molecule has 0 bridgehead atoms. The van der Waals surface area contributed by atoms with Crippen LogP contribution in [0.5, 0.6) is 11.5 Å². The predicted octanol–water partition coefficient (Wildman–Crippen LogP) is 1.30. The number of nitrogens with zero attached hydrogens (tertiary/aromatic N) is 3. The first kappa shape index (κ1) is 9.51. The molecule has 1 aromatic carbocycles. The molecule has 2 N–H and O–H groups in total. The molecule has 1 atom stereocenters. The lowest BCUT2D eigenvalue weighted by Crippen LogP contribution is -2.06. The van der Waals surface area contributed by atoms with E-state index in [9.17, 15) is 10.2 Å². The number of aromatic nitrogens is 3. The van der Waals surface area contributed by atoms with Gasteiger partial charge in [-0.25, -0.2) is 9.67 Å². The zero-order valence-electron chi connectivity index (χ0n) is 8.20. The maximum atomic E-state index is 9.34. The van der Waals surface area contributed by atoms with Crippen molar-refractivity contribution in [2.45, 2.75) is 13.0 Å². The van der Waals surface area contributed by atoms with E-state index in [-0.39, 0.29) is 17.5 Å². The zero-order chi connectivity index (χ0) is 10.8. The van der Waals surface area contributed by atoms with Crippen molar-refractivity contribution in [2.75, 3.05) is 0 Å². The molecule has 0 aliphatic rings. The fourth-order valence-corrected chi connectivity index (χ4v) is 1.43. The summed E-state index contributed by atoms with van der Waals surface area (Å²) < 4.78 is 1.65. The summed E-state index contributed by atoms with van der Waals surface area (Å²) in [6.45, 7) is 1.91. The minimum atomic E-state index is -0.0782. The van der Waals surface area contributed by atoms with Crippen LogP contribution < -0.4 is 0 Å². The highest BCUT2D eigenvalue weighted by Gasteiger charge is 2.10. The van der Waals surface area contributed by atoms with Gasteiger partial charge in [0.05, 0.1) is 6.04 Å². The lowest BCUT2D eigenvalue weighted by Gasteiger charge is -2.12. The van der Waals surface area contributed by atoms with Gasteiger partial charge in [-0.2, -0.15) is 5.10 Å². The van der Waals surface area contributed by atoms with E-state index < -0.39 is 0 Å². The molecule has 1 unspecified atom stereocenters. The van der Waals surface area contributed by atoms with E-state index in [0.717, 1.165) is 5.56 Å². The summed E-state index contributed by atoms with van der Waals surface area (Å²) in [6.07, 6.45) is 3.03. The summed E-state index contributed by atoms with van der Waals surface area (Å²) in [5.74, 6) is 0.0777. The number of aromatic hydroxyl groups is 2. The molecular formula is C10H11N3O2. The highest BCUT2D eigenvalue weighted by molar-refractivity contribution is 5.38. The number of benzene rings is 1. The van der Waals surface area contributed by atoms with Gasteiger partial charge in [0.25, 0.3) is 0 Å². The van der Waals surface area contributed by atoms with Gasteiger partial charge in [-0.3, -0.25) is 0 Å². The Balaban J connectivity index is 2.37. The molecule has 1 heterocycles. The molecule has 0 aliphatic heterocycles. The van der Waals surface area contributed by atoms with Crippen molar-refractivity contribution in [1.29, 1.82) is 0 Å². The van der Waals surface area contributed by atoms with Crippen molar-refractivity contribution in [3.8, 4) is 11.5 Å². The normalized spacial score (nSPS) is 12.6. The van der Waals surface area contributed by atoms with Crippen LogP contribution in [0, 0.1) is 0 Å². The van der Waals surface area contributed by atoms with Crippen LogP contribution in [0.2, 0.25) is 0 Å². The Morgan fingerprint density at radius 2 is 1.87 bits per heavy atom. The lowest BCUT2D eigenvalue weighted by molar-refractivity contribution is 0.445. The molecule has 15 heavy (non-hydrogen) atoms. The summed E-state index contributed by atoms with van der Waals surface area (Å²) in [4.78, 5) is 3.84. The second-order valence-electron chi connectivity index (χ2n) is 3.33. The van der Waals surface area contributed by atoms with Gasteiger partial charge in [0, 0.05) is 6.07 Å². The third kappa shape index (κ3) is 1.90. The summed E-state index contributed by atoms with van der Waals surface area (Å²) in [5, 5.41) is 22.7. The first-order valence-corrected chi connectivity index (χ1v) is 4.54. The molecule has 78 valence electrons. The standard InChI is InChI=1S/C10H11N3O2/c1-7(13-6-11-5-12-13)8-2-9(14)4-10(15)3-8/h2-7,14-15H,1H3. The van der Waals surface area contributed by atoms with Crippen molar-refractivity contribution in [3.63, 3.8) is 0 Å². The van der Waals surface area contributed by atoms with E-state index >= 15 is 0 Å². The fraction of sp³-hybridized carbons (Fsp3) is 0.200. The lowest BCUT2D eigenvalue weighted by atomic mass is 10.1. The average molecular weight is 205 g/mol. The SMILES string of the molecule is CC(c1cc(O)cc(O)c1)n1cncn1. The van der Waals surface area contributed by atoms with Gasteiger partial charge in [0.1, 0.15) is 24.2 Å². The predicted molar refractivity (Wildman–Crippen MR) is 53.6 cm³/mol. The maximum absolute atomic E-state index is 9.34. The van der Waals surface area contributed by atoms with Crippen LogP contribution in [0.1, 0.15) is 18.5 Å². The number of phenols is 2. The summed E-state index contributed by atoms with van der Waals surface area (Å²) in [6, 6.07) is 4.39. The highest BCUT2D eigenvalue weighted by atomic mass is 16.3. The van der Waals surface area contributed by atoms with E-state index in [1.165, 1.54) is 12.4 Å². The smallest absolute Gasteiger partial charge is 0.137 e. The fourth-order valence-electron chi connectivity index (χ4n) is 1.43. The van der Waals surface area contributed by atoms with Crippen molar-refractivity contribution in [2.24, 2.45) is 0 Å². The molecule has 2 aromatic rings. The molecule has 1 aromatic heterocycles. The van der Waals surface area contributed by atoms with Gasteiger partial charge in [-0.1, -0.05) is 0 Å². The first-order valence-electron chi connectivity index (χ1n) is 4.54. The van der Waals surface area contributed by atoms with Gasteiger partial charge in [-0.15, -0.1) is 0 Å². The van der Waals surface area contributed by atoms with Crippen LogP contribution in [0.15, 0.2) is 30.9 Å². The molecule has 0 radical (unpaired) electrons. The van der Waals surface area contributed by atoms with Gasteiger partial charge in [-0.05, 0) is 24.6 Å². The van der Waals surface area contributed by atoms with Crippen molar-refractivity contribution >= 4 is 0 Å². The molecule has 0 amide bonds. The Hall–Kier alpha value is -2.04. The second-order valence-corrected chi connectivity index (χ2v) is 3.33. The van der Waals surface area contributed by atoms with E-state index in [1.807, 2.05) is 6.92 Å². The van der Waals surface area contributed by atoms with Crippen LogP contribution in [0.4, 0.5) is 0 Å². The van der Waals surface area contributed by atoms with Gasteiger partial charge in [0.15, 0.2) is 0 Å². The number of hydrogen-bond acceptors (Lipinski definition) is 4. The third-order valence-electron chi connectivity index (χ3n) is 2.24. The molecule has 0 aliphatic carbocycles. The topological polar surface area (TPSA) is 71.2 Å². The average Bonchev–Trinajstić information content (AvgIpc) is 2.67. The third-order valence-corrected chi connectivity index (χ3v) is 2.24. The Morgan fingerprint density at radius 3 is 2.40 bits per heavy atom. The molecule has 0 saturated heterocycles. The van der Waals surface area contributed by atoms with E-state index in [0.29, 0.717) is 0 Å². The maximum Gasteiger partial charge on any atom is 0.137 e. The van der Waals surface area contributed by atoms with Gasteiger partial charge >= 0.3 is 0 Å². The summed E-state index contributed by atoms with van der Waals surface area (Å²) in [7, 11) is 0. The summed E-state index contributed by atoms with van der Waals surface area (Å²) >= 11 is 0. The minimum Gasteiger partial charge on any atom is -0.508 e. The number of rotatable bonds is 2. The van der Waals surface area contributed by atoms with Gasteiger partial charge in [0.2, 0.25) is 0 Å². The van der Waals surface area contributed by atoms with Crippen LogP contribution in [0.25, 0.3) is 0 Å². The molecule has 2 rings (SSSR count). The van der Waals surface area contributed by atoms with E-state index in [1.54, 1.807) is 23.1 Å². The van der Waals surface area contributed by atoms with Crippen LogP contribution >= 0.6 is 0 Å². The highest BCUT2D eigenvalue weighted by Crippen LogP contribution is 2.26. The summed E-state index contributed by atoms with van der Waals surface area (Å²) in [5.41, 5.74) is 0.776.